The fourth-order valence-corrected chi connectivity index (χ4v) is 7.00. The predicted molar refractivity (Wildman–Crippen MR) is 129 cm³/mol. The summed E-state index contributed by atoms with van der Waals surface area (Å²) in [5.74, 6) is 0.488. The second-order valence-electron chi connectivity index (χ2n) is 10.1. The molecule has 0 N–H and O–H groups in total. The van der Waals surface area contributed by atoms with Gasteiger partial charge in [0.05, 0.1) is 12.7 Å². The number of methoxy groups -OCH3 is 1. The number of ether oxygens (including phenoxy) is 1. The lowest BCUT2D eigenvalue weighted by Crippen LogP contribution is -2.43. The van der Waals surface area contributed by atoms with Gasteiger partial charge in [0, 0.05) is 34.9 Å². The summed E-state index contributed by atoms with van der Waals surface area (Å²) in [4.78, 5) is 30.2. The number of benzene rings is 1. The number of aryl methyl sites for hydroxylation is 1. The summed E-state index contributed by atoms with van der Waals surface area (Å²) in [7, 11) is 1.62. The summed E-state index contributed by atoms with van der Waals surface area (Å²) in [6, 6.07) is 10.1. The minimum Gasteiger partial charge on any atom is -0.497 e. The van der Waals surface area contributed by atoms with E-state index in [1.165, 1.54) is 4.88 Å². The number of nitriles is 1. The van der Waals surface area contributed by atoms with Crippen molar-refractivity contribution in [3.05, 3.63) is 57.1 Å². The standard InChI is InChI=1S/C27H28N2O3S/c1-27(2)13-21-25(22(30)14-27)19(16-7-6-8-17(11-16)32-3)12-24(31)29(21)26-20(15-28)18-9-4-5-10-23(18)33-26/h6-8,11,19H,4-5,9-10,12-14H2,1-3H3/t19-/m0/s1. The topological polar surface area (TPSA) is 70.4 Å². The van der Waals surface area contributed by atoms with Crippen LogP contribution in [0.15, 0.2) is 35.5 Å². The fourth-order valence-electron chi connectivity index (χ4n) is 5.62. The van der Waals surface area contributed by atoms with Gasteiger partial charge in [-0.05, 0) is 60.8 Å². The van der Waals surface area contributed by atoms with Crippen molar-refractivity contribution in [1.82, 2.24) is 0 Å². The number of fused-ring (bicyclic) bond motifs is 1. The van der Waals surface area contributed by atoms with E-state index in [-0.39, 0.29) is 29.4 Å². The molecular formula is C27H28N2O3S. The van der Waals surface area contributed by atoms with E-state index in [4.69, 9.17) is 4.74 Å². The van der Waals surface area contributed by atoms with Crippen LogP contribution in [0.4, 0.5) is 5.00 Å². The van der Waals surface area contributed by atoms with Crippen molar-refractivity contribution in [1.29, 1.82) is 5.26 Å². The van der Waals surface area contributed by atoms with Crippen LogP contribution in [0.25, 0.3) is 0 Å². The number of amides is 1. The Bertz CT molecular complexity index is 1230. The van der Waals surface area contributed by atoms with E-state index in [1.54, 1.807) is 23.3 Å². The van der Waals surface area contributed by atoms with E-state index < -0.39 is 0 Å². The minimum atomic E-state index is -0.289. The smallest absolute Gasteiger partial charge is 0.232 e. The fraction of sp³-hybridized carbons (Fsp3) is 0.444. The molecular weight excluding hydrogens is 432 g/mol. The largest absolute Gasteiger partial charge is 0.497 e. The van der Waals surface area contributed by atoms with Gasteiger partial charge in [0.15, 0.2) is 5.78 Å². The quantitative estimate of drug-likeness (QED) is 0.592. The first-order valence-corrected chi connectivity index (χ1v) is 12.4. The highest BCUT2D eigenvalue weighted by atomic mass is 32.1. The van der Waals surface area contributed by atoms with E-state index in [1.807, 2.05) is 24.3 Å². The maximum Gasteiger partial charge on any atom is 0.232 e. The van der Waals surface area contributed by atoms with Gasteiger partial charge in [0.25, 0.3) is 0 Å². The molecule has 1 aromatic heterocycles. The Kier molecular flexibility index (Phi) is 5.41. The molecule has 33 heavy (non-hydrogen) atoms. The molecule has 0 saturated heterocycles. The number of thiophene rings is 1. The molecule has 0 spiro atoms. The van der Waals surface area contributed by atoms with Gasteiger partial charge in [-0.25, -0.2) is 0 Å². The third-order valence-electron chi connectivity index (χ3n) is 7.11. The molecule has 2 heterocycles. The van der Waals surface area contributed by atoms with Crippen molar-refractivity contribution < 1.29 is 14.3 Å². The van der Waals surface area contributed by atoms with Crippen LogP contribution in [0.3, 0.4) is 0 Å². The Morgan fingerprint density at radius 1 is 1.18 bits per heavy atom. The lowest BCUT2D eigenvalue weighted by atomic mass is 9.69. The number of ketones is 1. The first-order chi connectivity index (χ1) is 15.8. The summed E-state index contributed by atoms with van der Waals surface area (Å²) < 4.78 is 5.41. The van der Waals surface area contributed by atoms with E-state index in [9.17, 15) is 14.9 Å². The molecule has 0 fully saturated rings. The molecule has 170 valence electrons. The molecule has 0 radical (unpaired) electrons. The highest BCUT2D eigenvalue weighted by Gasteiger charge is 2.45. The van der Waals surface area contributed by atoms with E-state index in [2.05, 4.69) is 19.9 Å². The van der Waals surface area contributed by atoms with Gasteiger partial charge < -0.3 is 4.74 Å². The highest BCUT2D eigenvalue weighted by Crippen LogP contribution is 2.51. The van der Waals surface area contributed by atoms with Crippen molar-refractivity contribution >= 4 is 28.0 Å². The summed E-state index contributed by atoms with van der Waals surface area (Å²) in [5, 5.41) is 10.8. The first kappa shape index (κ1) is 21.9. The number of nitrogens with zero attached hydrogens (tertiary/aromatic N) is 2. The molecule has 1 atom stereocenters. The highest BCUT2D eigenvalue weighted by molar-refractivity contribution is 7.16. The zero-order chi connectivity index (χ0) is 23.3. The third kappa shape index (κ3) is 3.69. The van der Waals surface area contributed by atoms with Crippen LogP contribution in [0.2, 0.25) is 0 Å². The van der Waals surface area contributed by atoms with Gasteiger partial charge in [-0.15, -0.1) is 11.3 Å². The predicted octanol–water partition coefficient (Wildman–Crippen LogP) is 5.67. The van der Waals surface area contributed by atoms with Gasteiger partial charge in [-0.3, -0.25) is 14.5 Å². The normalized spacial score (nSPS) is 22.0. The lowest BCUT2D eigenvalue weighted by molar-refractivity contribution is -0.120. The monoisotopic (exact) mass is 460 g/mol. The lowest BCUT2D eigenvalue weighted by Gasteiger charge is -2.42. The number of allylic oxidation sites excluding steroid dienone is 2. The Balaban J connectivity index is 1.70. The number of rotatable bonds is 3. The number of hydrogen-bond acceptors (Lipinski definition) is 5. The van der Waals surface area contributed by atoms with Crippen molar-refractivity contribution in [2.45, 2.75) is 64.7 Å². The van der Waals surface area contributed by atoms with E-state index in [0.29, 0.717) is 24.2 Å². The molecule has 5 nitrogen and oxygen atoms in total. The van der Waals surface area contributed by atoms with E-state index >= 15 is 0 Å². The van der Waals surface area contributed by atoms with Crippen LogP contribution in [0.1, 0.15) is 73.4 Å². The summed E-state index contributed by atoms with van der Waals surface area (Å²) in [6.07, 6.45) is 5.34. The molecule has 0 unspecified atom stereocenters. The maximum atomic E-state index is 13.7. The van der Waals surface area contributed by atoms with Crippen LogP contribution in [0.5, 0.6) is 5.75 Å². The molecule has 1 aliphatic heterocycles. The van der Waals surface area contributed by atoms with Crippen LogP contribution in [-0.4, -0.2) is 18.8 Å². The summed E-state index contributed by atoms with van der Waals surface area (Å²) in [6.45, 7) is 4.16. The Labute approximate surface area is 198 Å². The van der Waals surface area contributed by atoms with Crippen molar-refractivity contribution in [2.75, 3.05) is 12.0 Å². The second-order valence-corrected chi connectivity index (χ2v) is 11.2. The van der Waals surface area contributed by atoms with Gasteiger partial charge in [0.2, 0.25) is 5.91 Å². The molecule has 1 aromatic carbocycles. The average molecular weight is 461 g/mol. The third-order valence-corrected chi connectivity index (χ3v) is 8.38. The Morgan fingerprint density at radius 2 is 1.97 bits per heavy atom. The van der Waals surface area contributed by atoms with Crippen molar-refractivity contribution in [3.63, 3.8) is 0 Å². The van der Waals surface area contributed by atoms with Gasteiger partial charge in [-0.1, -0.05) is 26.0 Å². The zero-order valence-corrected chi connectivity index (χ0v) is 20.2. The number of Topliss-reactive ketones (excluding diaryl/α,β-unsaturated/α-hetero) is 1. The number of hydrogen-bond donors (Lipinski definition) is 0. The molecule has 2 aromatic rings. The zero-order valence-electron chi connectivity index (χ0n) is 19.4. The maximum absolute atomic E-state index is 13.7. The van der Waals surface area contributed by atoms with Crippen molar-refractivity contribution in [3.8, 4) is 11.8 Å². The molecule has 0 saturated carbocycles. The summed E-state index contributed by atoms with van der Waals surface area (Å²) in [5.41, 5.74) is 3.94. The molecule has 2 aliphatic carbocycles. The van der Waals surface area contributed by atoms with Crippen LogP contribution in [-0.2, 0) is 22.4 Å². The number of anilines is 1. The van der Waals surface area contributed by atoms with Gasteiger partial charge >= 0.3 is 0 Å². The van der Waals surface area contributed by atoms with Gasteiger partial charge in [-0.2, -0.15) is 5.26 Å². The second kappa shape index (κ2) is 8.14. The first-order valence-electron chi connectivity index (χ1n) is 11.6. The molecule has 6 heteroatoms. The Hall–Kier alpha value is -2.91. The summed E-state index contributed by atoms with van der Waals surface area (Å²) >= 11 is 1.57. The minimum absolute atomic E-state index is 0.0397. The van der Waals surface area contributed by atoms with Crippen LogP contribution < -0.4 is 9.64 Å². The molecule has 3 aliphatic rings. The molecule has 0 bridgehead atoms. The van der Waals surface area contributed by atoms with E-state index in [0.717, 1.165) is 53.1 Å². The van der Waals surface area contributed by atoms with Crippen LogP contribution in [0, 0.1) is 16.7 Å². The van der Waals surface area contributed by atoms with Gasteiger partial charge in [0.1, 0.15) is 16.8 Å². The number of carbonyl (C=O) groups is 2. The molecule has 5 rings (SSSR count). The van der Waals surface area contributed by atoms with Crippen LogP contribution >= 0.6 is 11.3 Å². The molecule has 1 amide bonds. The Morgan fingerprint density at radius 3 is 2.73 bits per heavy atom. The SMILES string of the molecule is COc1cccc([C@@H]2CC(=O)N(c3sc4c(c3C#N)CCCC4)C3=C2C(=O)CC(C)(C)C3)c1. The number of carbonyl (C=O) groups excluding carboxylic acids is 2. The average Bonchev–Trinajstić information content (AvgIpc) is 3.15. The van der Waals surface area contributed by atoms with Crippen molar-refractivity contribution in [2.24, 2.45) is 5.41 Å².